The molecule has 2 aromatic carbocycles. The molecule has 0 radical (unpaired) electrons. The minimum absolute atomic E-state index is 0.141. The lowest BCUT2D eigenvalue weighted by Gasteiger charge is -2.08. The van der Waals surface area contributed by atoms with Crippen molar-refractivity contribution < 1.29 is 4.79 Å². The van der Waals surface area contributed by atoms with Gasteiger partial charge < -0.3 is 5.32 Å². The number of carbonyl (C=O) groups is 1. The Morgan fingerprint density at radius 3 is 3.00 bits per heavy atom. The molecule has 1 amide bonds. The summed E-state index contributed by atoms with van der Waals surface area (Å²) in [7, 11) is 0. The minimum Gasteiger partial charge on any atom is -0.326 e. The number of aromatic amines is 1. The van der Waals surface area contributed by atoms with E-state index in [-0.39, 0.29) is 24.4 Å². The number of benzene rings is 2. The molecular formula is C18H15N5O2. The summed E-state index contributed by atoms with van der Waals surface area (Å²) in [4.78, 5) is 28.8. The molecule has 4 aromatic rings. The third-order valence-electron chi connectivity index (χ3n) is 4.04. The summed E-state index contributed by atoms with van der Waals surface area (Å²) in [5.41, 5.74) is 2.12. The Morgan fingerprint density at radius 1 is 1.20 bits per heavy atom. The SMILES string of the molecule is O=C(CCn1cnc2ccccc2c1=O)Nc1ccc2[nH]ncc2c1. The predicted octanol–water partition coefficient (Wildman–Crippen LogP) is 2.30. The fraction of sp³-hybridized carbons (Fsp3) is 0.111. The van der Waals surface area contributed by atoms with Crippen LogP contribution in [0.15, 0.2) is 59.8 Å². The molecule has 0 aliphatic carbocycles. The molecule has 7 nitrogen and oxygen atoms in total. The molecule has 0 aliphatic rings. The van der Waals surface area contributed by atoms with Gasteiger partial charge in [-0.15, -0.1) is 0 Å². The molecule has 0 saturated heterocycles. The number of amides is 1. The lowest BCUT2D eigenvalue weighted by molar-refractivity contribution is -0.116. The summed E-state index contributed by atoms with van der Waals surface area (Å²) in [5.74, 6) is -0.164. The van der Waals surface area contributed by atoms with Crippen LogP contribution < -0.4 is 10.9 Å². The highest BCUT2D eigenvalue weighted by Crippen LogP contribution is 2.16. The molecule has 25 heavy (non-hydrogen) atoms. The third-order valence-corrected chi connectivity index (χ3v) is 4.04. The summed E-state index contributed by atoms with van der Waals surface area (Å²) in [6, 6.07) is 12.7. The summed E-state index contributed by atoms with van der Waals surface area (Å²) in [5, 5.41) is 11.1. The first-order chi connectivity index (χ1) is 12.2. The highest BCUT2D eigenvalue weighted by atomic mass is 16.1. The van der Waals surface area contributed by atoms with Gasteiger partial charge in [-0.05, 0) is 30.3 Å². The van der Waals surface area contributed by atoms with Crippen LogP contribution in [0.4, 0.5) is 5.69 Å². The number of aryl methyl sites for hydroxylation is 1. The van der Waals surface area contributed by atoms with Gasteiger partial charge in [0, 0.05) is 24.0 Å². The van der Waals surface area contributed by atoms with E-state index >= 15 is 0 Å². The molecule has 0 spiro atoms. The molecule has 0 atom stereocenters. The second-order valence-electron chi connectivity index (χ2n) is 5.73. The number of anilines is 1. The first-order valence-electron chi connectivity index (χ1n) is 7.88. The topological polar surface area (TPSA) is 92.7 Å². The van der Waals surface area contributed by atoms with Crippen LogP contribution >= 0.6 is 0 Å². The van der Waals surface area contributed by atoms with Crippen molar-refractivity contribution >= 4 is 33.4 Å². The fourth-order valence-electron chi connectivity index (χ4n) is 2.73. The highest BCUT2D eigenvalue weighted by molar-refractivity contribution is 5.93. The largest absolute Gasteiger partial charge is 0.326 e. The molecule has 7 heteroatoms. The van der Waals surface area contributed by atoms with Crippen molar-refractivity contribution in [1.29, 1.82) is 0 Å². The van der Waals surface area contributed by atoms with E-state index in [4.69, 9.17) is 0 Å². The van der Waals surface area contributed by atoms with Gasteiger partial charge in [-0.3, -0.25) is 19.3 Å². The van der Waals surface area contributed by atoms with Gasteiger partial charge in [0.1, 0.15) is 0 Å². The maximum atomic E-state index is 12.4. The summed E-state index contributed by atoms with van der Waals surface area (Å²) in [6.07, 6.45) is 3.37. The average molecular weight is 333 g/mol. The summed E-state index contributed by atoms with van der Waals surface area (Å²) in [6.45, 7) is 0.274. The van der Waals surface area contributed by atoms with Crippen LogP contribution in [0.25, 0.3) is 21.8 Å². The monoisotopic (exact) mass is 333 g/mol. The smallest absolute Gasteiger partial charge is 0.261 e. The van der Waals surface area contributed by atoms with Crippen molar-refractivity contribution in [2.45, 2.75) is 13.0 Å². The Morgan fingerprint density at radius 2 is 2.08 bits per heavy atom. The lowest BCUT2D eigenvalue weighted by atomic mass is 10.2. The van der Waals surface area contributed by atoms with Crippen molar-refractivity contribution in [2.75, 3.05) is 5.32 Å². The first kappa shape index (κ1) is 15.1. The molecule has 0 aliphatic heterocycles. The molecule has 0 saturated carbocycles. The van der Waals surface area contributed by atoms with Crippen LogP contribution in [-0.2, 0) is 11.3 Å². The van der Waals surface area contributed by atoms with E-state index < -0.39 is 0 Å². The Bertz CT molecular complexity index is 1130. The van der Waals surface area contributed by atoms with Crippen LogP contribution in [0, 0.1) is 0 Å². The Hall–Kier alpha value is -3.48. The van der Waals surface area contributed by atoms with Gasteiger partial charge in [-0.2, -0.15) is 5.10 Å². The van der Waals surface area contributed by atoms with Crippen molar-refractivity contribution in [1.82, 2.24) is 19.7 Å². The van der Waals surface area contributed by atoms with Crippen LogP contribution in [0.1, 0.15) is 6.42 Å². The van der Waals surface area contributed by atoms with Crippen LogP contribution in [0.3, 0.4) is 0 Å². The number of carbonyl (C=O) groups excluding carboxylic acids is 1. The first-order valence-corrected chi connectivity index (χ1v) is 7.88. The number of hydrogen-bond donors (Lipinski definition) is 2. The quantitative estimate of drug-likeness (QED) is 0.599. The van der Waals surface area contributed by atoms with Gasteiger partial charge >= 0.3 is 0 Å². The molecule has 2 heterocycles. The number of rotatable bonds is 4. The van der Waals surface area contributed by atoms with Crippen molar-refractivity contribution in [3.63, 3.8) is 0 Å². The van der Waals surface area contributed by atoms with Gasteiger partial charge in [0.05, 0.1) is 28.9 Å². The maximum Gasteiger partial charge on any atom is 0.261 e. The maximum absolute atomic E-state index is 12.4. The van der Waals surface area contributed by atoms with Crippen molar-refractivity contribution in [2.24, 2.45) is 0 Å². The summed E-state index contributed by atoms with van der Waals surface area (Å²) >= 11 is 0. The molecule has 2 N–H and O–H groups in total. The van der Waals surface area contributed by atoms with E-state index in [1.807, 2.05) is 24.3 Å². The zero-order chi connectivity index (χ0) is 17.2. The number of hydrogen-bond acceptors (Lipinski definition) is 4. The van der Waals surface area contributed by atoms with Crippen LogP contribution in [-0.4, -0.2) is 25.7 Å². The second kappa shape index (κ2) is 6.20. The van der Waals surface area contributed by atoms with Crippen LogP contribution in [0.5, 0.6) is 0 Å². The molecule has 0 fully saturated rings. The number of para-hydroxylation sites is 1. The number of aromatic nitrogens is 4. The van der Waals surface area contributed by atoms with Gasteiger partial charge in [0.25, 0.3) is 5.56 Å². The van der Waals surface area contributed by atoms with Gasteiger partial charge in [0.15, 0.2) is 0 Å². The normalized spacial score (nSPS) is 11.0. The minimum atomic E-state index is -0.164. The molecule has 0 bridgehead atoms. The highest BCUT2D eigenvalue weighted by Gasteiger charge is 2.07. The Kier molecular flexibility index (Phi) is 3.74. The van der Waals surface area contributed by atoms with E-state index in [9.17, 15) is 9.59 Å². The fourth-order valence-corrected chi connectivity index (χ4v) is 2.73. The lowest BCUT2D eigenvalue weighted by Crippen LogP contribution is -2.23. The Labute approximate surface area is 142 Å². The number of nitrogens with zero attached hydrogens (tertiary/aromatic N) is 3. The summed E-state index contributed by atoms with van der Waals surface area (Å²) < 4.78 is 1.46. The Balaban J connectivity index is 1.46. The van der Waals surface area contributed by atoms with E-state index in [0.29, 0.717) is 16.6 Å². The van der Waals surface area contributed by atoms with Crippen molar-refractivity contribution in [3.8, 4) is 0 Å². The third kappa shape index (κ3) is 2.99. The van der Waals surface area contributed by atoms with Gasteiger partial charge in [0.2, 0.25) is 5.91 Å². The van der Waals surface area contributed by atoms with Crippen LogP contribution in [0.2, 0.25) is 0 Å². The average Bonchev–Trinajstić information content (AvgIpc) is 3.09. The second-order valence-corrected chi connectivity index (χ2v) is 5.73. The predicted molar refractivity (Wildman–Crippen MR) is 95.3 cm³/mol. The molecule has 0 unspecified atom stereocenters. The standard InChI is InChI=1S/C18H15N5O2/c24-17(21-13-5-6-15-12(9-13)10-20-22-15)7-8-23-11-19-16-4-2-1-3-14(16)18(23)25/h1-6,9-11H,7-8H2,(H,20,22)(H,21,24). The van der Waals surface area contributed by atoms with E-state index in [1.54, 1.807) is 24.4 Å². The molecule has 124 valence electrons. The van der Waals surface area contributed by atoms with E-state index in [0.717, 1.165) is 10.9 Å². The van der Waals surface area contributed by atoms with E-state index in [1.165, 1.54) is 10.9 Å². The number of nitrogens with one attached hydrogen (secondary N) is 2. The van der Waals surface area contributed by atoms with Gasteiger partial charge in [-0.25, -0.2) is 4.98 Å². The van der Waals surface area contributed by atoms with Gasteiger partial charge in [-0.1, -0.05) is 12.1 Å². The van der Waals surface area contributed by atoms with Crippen molar-refractivity contribution in [3.05, 3.63) is 65.3 Å². The molecule has 2 aromatic heterocycles. The zero-order valence-electron chi connectivity index (χ0n) is 13.3. The van der Waals surface area contributed by atoms with E-state index in [2.05, 4.69) is 20.5 Å². The number of fused-ring (bicyclic) bond motifs is 2. The number of H-pyrrole nitrogens is 1. The molecular weight excluding hydrogens is 318 g/mol. The molecule has 4 rings (SSSR count). The zero-order valence-corrected chi connectivity index (χ0v) is 13.3.